The zero-order chi connectivity index (χ0) is 35.5. The van der Waals surface area contributed by atoms with Crippen LogP contribution in [0.4, 0.5) is 0 Å². The summed E-state index contributed by atoms with van der Waals surface area (Å²) in [6, 6.07) is 9.18. The second-order valence-corrected chi connectivity index (χ2v) is 14.6. The van der Waals surface area contributed by atoms with Gasteiger partial charge in [-0.2, -0.15) is 26.0 Å². The fourth-order valence-corrected chi connectivity index (χ4v) is 8.23. The predicted molar refractivity (Wildman–Crippen MR) is 173 cm³/mol. The zero-order valence-corrected chi connectivity index (χ0v) is 27.1. The molecule has 0 atom stereocenters. The van der Waals surface area contributed by atoms with E-state index in [1.54, 1.807) is 0 Å². The van der Waals surface area contributed by atoms with Crippen molar-refractivity contribution in [3.63, 3.8) is 0 Å². The van der Waals surface area contributed by atoms with Gasteiger partial charge < -0.3 is 5.11 Å². The van der Waals surface area contributed by atoms with Crippen LogP contribution in [0.25, 0.3) is 65.2 Å². The van der Waals surface area contributed by atoms with E-state index < -0.39 is 68.3 Å². The molecule has 1 aromatic heterocycles. The highest BCUT2D eigenvalue weighted by molar-refractivity contribution is 7.94. The van der Waals surface area contributed by atoms with Gasteiger partial charge in [0.25, 0.3) is 32.2 Å². The van der Waals surface area contributed by atoms with E-state index in [0.717, 1.165) is 22.8 Å². The minimum Gasteiger partial charge on any atom is -0.506 e. The number of benzene rings is 6. The van der Waals surface area contributed by atoms with Crippen molar-refractivity contribution in [2.75, 3.05) is 0 Å². The largest absolute Gasteiger partial charge is 0.506 e. The number of phenols is 1. The van der Waals surface area contributed by atoms with Crippen LogP contribution in [0.5, 0.6) is 5.75 Å². The molecular formula is C30H18N2O14S3+2. The van der Waals surface area contributed by atoms with E-state index >= 15 is 0 Å². The van der Waals surface area contributed by atoms with Gasteiger partial charge in [-0.25, -0.2) is 5.26 Å². The minimum absolute atomic E-state index is 0.0962. The minimum atomic E-state index is -5.17. The highest BCUT2D eigenvalue weighted by Crippen LogP contribution is 2.33. The van der Waals surface area contributed by atoms with E-state index in [1.165, 1.54) is 49.0 Å². The van der Waals surface area contributed by atoms with Crippen LogP contribution in [0.3, 0.4) is 0 Å². The van der Waals surface area contributed by atoms with Gasteiger partial charge in [-0.15, -0.1) is 4.33 Å². The van der Waals surface area contributed by atoms with Crippen LogP contribution in [-0.4, -0.2) is 36.3 Å². The highest BCUT2D eigenvalue weighted by atomic mass is 32.2. The Morgan fingerprint density at radius 2 is 1.20 bits per heavy atom. The Labute approximate surface area is 275 Å². The molecule has 0 saturated heterocycles. The molecule has 16 nitrogen and oxygen atoms in total. The molecular weight excluding hydrogens is 709 g/mol. The third kappa shape index (κ3) is 4.56. The van der Waals surface area contributed by atoms with E-state index in [0.29, 0.717) is 12.0 Å². The van der Waals surface area contributed by atoms with Crippen molar-refractivity contribution in [2.24, 2.45) is 14.1 Å². The van der Waals surface area contributed by atoms with E-state index in [4.69, 9.17) is 5.26 Å². The Kier molecular flexibility index (Phi) is 7.14. The monoisotopic (exact) mass is 726 g/mol. The predicted octanol–water partition coefficient (Wildman–Crippen LogP) is 1.20. The maximum absolute atomic E-state index is 14.2. The first-order valence-corrected chi connectivity index (χ1v) is 17.2. The zero-order valence-electron chi connectivity index (χ0n) is 24.6. The first-order chi connectivity index (χ1) is 23.0. The second-order valence-electron chi connectivity index (χ2n) is 11.0. The third-order valence-corrected chi connectivity index (χ3v) is 10.8. The fourth-order valence-electron chi connectivity index (χ4n) is 6.50. The van der Waals surface area contributed by atoms with Crippen LogP contribution < -0.4 is 30.8 Å². The number of phenolic OH excluding ortho intramolecular Hbond substituents is 1. The van der Waals surface area contributed by atoms with Crippen molar-refractivity contribution in [1.82, 2.24) is 0 Å². The number of aromatic hydroxyl groups is 1. The van der Waals surface area contributed by atoms with Crippen molar-refractivity contribution in [3.8, 4) is 5.75 Å². The summed E-state index contributed by atoms with van der Waals surface area (Å²) in [6.07, 6.45) is 0. The maximum Gasteiger partial charge on any atom is 0.301 e. The van der Waals surface area contributed by atoms with E-state index in [-0.39, 0.29) is 59.3 Å². The summed E-state index contributed by atoms with van der Waals surface area (Å²) in [5, 5.41) is 20.4. The van der Waals surface area contributed by atoms with Gasteiger partial charge in [0.05, 0.1) is 17.4 Å². The summed E-state index contributed by atoms with van der Waals surface area (Å²) in [7, 11) is -7.55. The molecule has 248 valence electrons. The second kappa shape index (κ2) is 10.8. The standard InChI is InChI=1S/C30H16N2O14S3/c1-31-17-7-5-13-20(30(37)22-14(27(13)34)6-8-18(29(22)36)48(39,40)41)23(17)32(2)24-19(49(42,43)44)10-16-21(25(24)31)28(35)15-9-11(47-46-45-38)3-4-12(15)26(16)33/h3-10H,1-2H3,(H2-2,36,37,38,39,40,41,42,43,44)/p+2. The average molecular weight is 727 g/mol. The first-order valence-electron chi connectivity index (χ1n) is 13.6. The van der Waals surface area contributed by atoms with Gasteiger partial charge in [0.15, 0.2) is 15.8 Å². The summed E-state index contributed by atoms with van der Waals surface area (Å²) >= 11 is 0.524. The van der Waals surface area contributed by atoms with Crippen LogP contribution in [0, 0.1) is 0 Å². The molecule has 0 spiro atoms. The number of rotatable bonds is 5. The topological polar surface area (TPSA) is 244 Å². The van der Waals surface area contributed by atoms with Crippen molar-refractivity contribution in [3.05, 3.63) is 89.4 Å². The van der Waals surface area contributed by atoms with E-state index in [9.17, 15) is 50.2 Å². The Bertz CT molecular complexity index is 3160. The first kappa shape index (κ1) is 32.6. The summed E-state index contributed by atoms with van der Waals surface area (Å²) in [4.78, 5) is 54.1. The molecule has 0 radical (unpaired) electrons. The Morgan fingerprint density at radius 3 is 1.86 bits per heavy atom. The SMILES string of the molecule is C[n+]1c2ccc3c(=O)c4ccc(S(=O)(=O)O)c(O)c4c(=O)c3c2[n+](C)c2c(S(=O)(=O)O)cc3c(=O)c4ccc(SOOO)cc4c(=O)c3c21. The van der Waals surface area contributed by atoms with Crippen LogP contribution in [0.1, 0.15) is 0 Å². The molecule has 0 unspecified atom stereocenters. The van der Waals surface area contributed by atoms with Gasteiger partial charge in [-0.05, 0) is 42.5 Å². The highest BCUT2D eigenvalue weighted by Gasteiger charge is 2.37. The molecule has 0 amide bonds. The van der Waals surface area contributed by atoms with Crippen molar-refractivity contribution >= 4 is 97.4 Å². The molecule has 6 aromatic carbocycles. The third-order valence-electron chi connectivity index (χ3n) is 8.52. The molecule has 49 heavy (non-hydrogen) atoms. The molecule has 0 saturated carbocycles. The molecule has 19 heteroatoms. The Hall–Kier alpha value is -4.99. The Morgan fingerprint density at radius 1 is 0.612 bits per heavy atom. The Balaban J connectivity index is 1.78. The van der Waals surface area contributed by atoms with E-state index in [2.05, 4.69) is 9.37 Å². The summed E-state index contributed by atoms with van der Waals surface area (Å²) < 4.78 is 76.5. The fraction of sp³-hybridized carbons (Fsp3) is 0.0667. The molecule has 7 aromatic rings. The summed E-state index contributed by atoms with van der Waals surface area (Å²) in [5.41, 5.74) is -3.92. The lowest BCUT2D eigenvalue weighted by Crippen LogP contribution is -2.43. The number of hydrogen-bond donors (Lipinski definition) is 4. The van der Waals surface area contributed by atoms with Gasteiger partial charge in [-0.1, -0.05) is 5.04 Å². The van der Waals surface area contributed by atoms with Crippen molar-refractivity contribution in [2.45, 2.75) is 14.7 Å². The van der Waals surface area contributed by atoms with Gasteiger partial charge >= 0.3 is 10.1 Å². The van der Waals surface area contributed by atoms with E-state index in [1.807, 2.05) is 0 Å². The molecule has 4 N–H and O–H groups in total. The van der Waals surface area contributed by atoms with Gasteiger partial charge in [0.1, 0.15) is 35.5 Å². The smallest absolute Gasteiger partial charge is 0.301 e. The molecule has 1 heterocycles. The molecule has 7 rings (SSSR count). The van der Waals surface area contributed by atoms with Crippen LogP contribution in [-0.2, 0) is 43.7 Å². The molecule has 0 aliphatic rings. The molecule has 0 bridgehead atoms. The lowest BCUT2D eigenvalue weighted by Gasteiger charge is -2.10. The molecule has 0 aliphatic heterocycles. The lowest BCUT2D eigenvalue weighted by molar-refractivity contribution is -0.657. The van der Waals surface area contributed by atoms with Crippen molar-refractivity contribution in [1.29, 1.82) is 0 Å². The number of aromatic nitrogens is 2. The van der Waals surface area contributed by atoms with Gasteiger partial charge in [-0.3, -0.25) is 28.3 Å². The number of hydrogen-bond acceptors (Lipinski definition) is 13. The van der Waals surface area contributed by atoms with Crippen LogP contribution in [0.2, 0.25) is 0 Å². The summed E-state index contributed by atoms with van der Waals surface area (Å²) in [5.74, 6) is -1.18. The number of fused-ring (bicyclic) bond motifs is 8. The number of aryl methyl sites for hydroxylation is 2. The number of nitrogens with zero attached hydrogens (tertiary/aromatic N) is 2. The van der Waals surface area contributed by atoms with Gasteiger partial charge in [0, 0.05) is 37.9 Å². The van der Waals surface area contributed by atoms with Crippen LogP contribution in [0.15, 0.2) is 82.4 Å². The quantitative estimate of drug-likeness (QED) is 0.0370. The molecule has 0 aliphatic carbocycles. The van der Waals surface area contributed by atoms with Gasteiger partial charge in [0.2, 0.25) is 10.9 Å². The van der Waals surface area contributed by atoms with Crippen LogP contribution >= 0.6 is 12.0 Å². The van der Waals surface area contributed by atoms with Crippen molar-refractivity contribution < 1.29 is 54.8 Å². The maximum atomic E-state index is 14.2. The average Bonchev–Trinajstić information content (AvgIpc) is 3.04. The lowest BCUT2D eigenvalue weighted by atomic mass is 9.98. The normalized spacial score (nSPS) is 12.8. The summed E-state index contributed by atoms with van der Waals surface area (Å²) in [6.45, 7) is 0. The molecule has 0 fully saturated rings.